The van der Waals surface area contributed by atoms with Gasteiger partial charge in [-0.15, -0.1) is 0 Å². The number of benzene rings is 2. The molecule has 0 aliphatic heterocycles. The van der Waals surface area contributed by atoms with Gasteiger partial charge in [0.15, 0.2) is 11.5 Å². The molecule has 3 rings (SSSR count). The van der Waals surface area contributed by atoms with Crippen molar-refractivity contribution in [3.05, 3.63) is 77.0 Å². The first-order chi connectivity index (χ1) is 16.4. The van der Waals surface area contributed by atoms with E-state index in [2.05, 4.69) is 20.9 Å². The van der Waals surface area contributed by atoms with Crippen molar-refractivity contribution in [1.29, 1.82) is 5.41 Å². The van der Waals surface area contributed by atoms with Gasteiger partial charge < -0.3 is 25.4 Å². The van der Waals surface area contributed by atoms with Gasteiger partial charge in [-0.25, -0.2) is 9.78 Å². The molecule has 2 aromatic carbocycles. The highest BCUT2D eigenvalue weighted by Crippen LogP contribution is 2.32. The molecule has 0 radical (unpaired) electrons. The molecule has 8 heteroatoms. The number of ether oxygens (including phenoxy) is 2. The Balaban J connectivity index is 1.90. The van der Waals surface area contributed by atoms with E-state index in [1.807, 2.05) is 62.4 Å². The van der Waals surface area contributed by atoms with Crippen LogP contribution in [0.4, 0.5) is 16.3 Å². The zero-order chi connectivity index (χ0) is 24.7. The molecule has 0 bridgehead atoms. The second-order valence-corrected chi connectivity index (χ2v) is 7.94. The van der Waals surface area contributed by atoms with Gasteiger partial charge in [-0.3, -0.25) is 5.41 Å². The number of urea groups is 1. The minimum absolute atomic E-state index is 0.155. The van der Waals surface area contributed by atoms with Gasteiger partial charge in [-0.2, -0.15) is 0 Å². The summed E-state index contributed by atoms with van der Waals surface area (Å²) in [7, 11) is 4.72. The summed E-state index contributed by atoms with van der Waals surface area (Å²) in [5.74, 6) is 1.92. The lowest BCUT2D eigenvalue weighted by molar-refractivity contribution is 0.240. The fourth-order valence-electron chi connectivity index (χ4n) is 3.63. The van der Waals surface area contributed by atoms with E-state index in [4.69, 9.17) is 14.9 Å². The van der Waals surface area contributed by atoms with Gasteiger partial charge in [0.05, 0.1) is 19.9 Å². The summed E-state index contributed by atoms with van der Waals surface area (Å²) >= 11 is 0. The maximum atomic E-state index is 11.7. The van der Waals surface area contributed by atoms with E-state index < -0.39 is 0 Å². The zero-order valence-electron chi connectivity index (χ0n) is 20.2. The Morgan fingerprint density at radius 2 is 1.76 bits per heavy atom. The third-order valence-corrected chi connectivity index (χ3v) is 5.46. The van der Waals surface area contributed by atoms with Crippen molar-refractivity contribution >= 4 is 23.2 Å². The third-order valence-electron chi connectivity index (χ3n) is 5.46. The van der Waals surface area contributed by atoms with Gasteiger partial charge in [-0.1, -0.05) is 18.2 Å². The summed E-state index contributed by atoms with van der Waals surface area (Å²) < 4.78 is 11.0. The highest BCUT2D eigenvalue weighted by molar-refractivity contribution is 6.12. The Bertz CT molecular complexity index is 1160. The maximum absolute atomic E-state index is 11.7. The van der Waals surface area contributed by atoms with Crippen molar-refractivity contribution in [2.45, 2.75) is 26.3 Å². The number of hydrogen-bond donors (Lipinski definition) is 4. The zero-order valence-corrected chi connectivity index (χ0v) is 20.2. The Morgan fingerprint density at radius 3 is 2.38 bits per heavy atom. The molecular weight excluding hydrogens is 430 g/mol. The number of anilines is 2. The van der Waals surface area contributed by atoms with Gasteiger partial charge >= 0.3 is 6.03 Å². The van der Waals surface area contributed by atoms with E-state index in [0.29, 0.717) is 29.2 Å². The van der Waals surface area contributed by atoms with Crippen molar-refractivity contribution in [1.82, 2.24) is 15.6 Å². The number of carbonyl (C=O) groups excluding carboxylic acids is 1. The predicted octanol–water partition coefficient (Wildman–Crippen LogP) is 4.43. The average molecular weight is 462 g/mol. The number of carbonyl (C=O) groups is 1. The molecule has 8 nitrogen and oxygen atoms in total. The van der Waals surface area contributed by atoms with Crippen molar-refractivity contribution in [3.8, 4) is 11.5 Å². The summed E-state index contributed by atoms with van der Waals surface area (Å²) in [6.45, 7) is 3.91. The summed E-state index contributed by atoms with van der Waals surface area (Å²) in [6, 6.07) is 14.8. The van der Waals surface area contributed by atoms with E-state index in [0.717, 1.165) is 28.2 Å². The Hall–Kier alpha value is -4.07. The first kappa shape index (κ1) is 24.6. The van der Waals surface area contributed by atoms with Crippen LogP contribution in [0.5, 0.6) is 11.5 Å². The van der Waals surface area contributed by atoms with Crippen molar-refractivity contribution in [2.24, 2.45) is 0 Å². The molecule has 178 valence electrons. The summed E-state index contributed by atoms with van der Waals surface area (Å²) in [5, 5.41) is 17.7. The molecule has 1 unspecified atom stereocenters. The fourth-order valence-corrected chi connectivity index (χ4v) is 3.63. The van der Waals surface area contributed by atoms with Crippen LogP contribution in [0.3, 0.4) is 0 Å². The Morgan fingerprint density at radius 1 is 1.09 bits per heavy atom. The van der Waals surface area contributed by atoms with Crippen LogP contribution in [0, 0.1) is 12.3 Å². The van der Waals surface area contributed by atoms with Crippen LogP contribution in [0.15, 0.2) is 54.7 Å². The number of aromatic nitrogens is 1. The minimum atomic E-state index is -0.254. The molecule has 2 amide bonds. The van der Waals surface area contributed by atoms with Crippen LogP contribution < -0.4 is 25.4 Å². The van der Waals surface area contributed by atoms with Crippen LogP contribution >= 0.6 is 0 Å². The lowest BCUT2D eigenvalue weighted by atomic mass is 9.93. The number of pyridine rings is 1. The number of nitrogens with one attached hydrogen (secondary N) is 4. The van der Waals surface area contributed by atoms with Crippen LogP contribution in [0.2, 0.25) is 0 Å². The van der Waals surface area contributed by atoms with Crippen molar-refractivity contribution in [3.63, 3.8) is 0 Å². The number of aryl methyl sites for hydroxylation is 1. The molecule has 0 saturated carbocycles. The van der Waals surface area contributed by atoms with Gasteiger partial charge in [0.2, 0.25) is 0 Å². The summed E-state index contributed by atoms with van der Waals surface area (Å²) in [4.78, 5) is 16.1. The Kier molecular flexibility index (Phi) is 8.08. The normalized spacial score (nSPS) is 11.3. The van der Waals surface area contributed by atoms with E-state index in [1.165, 1.54) is 0 Å². The highest BCUT2D eigenvalue weighted by atomic mass is 16.5. The van der Waals surface area contributed by atoms with Crippen molar-refractivity contribution in [2.75, 3.05) is 26.6 Å². The van der Waals surface area contributed by atoms with Crippen LogP contribution in [-0.4, -0.2) is 44.0 Å². The van der Waals surface area contributed by atoms with Gasteiger partial charge in [0, 0.05) is 36.1 Å². The minimum Gasteiger partial charge on any atom is -0.493 e. The molecule has 0 aliphatic carbocycles. The molecule has 34 heavy (non-hydrogen) atoms. The van der Waals surface area contributed by atoms with Crippen LogP contribution in [0.1, 0.15) is 29.2 Å². The third kappa shape index (κ3) is 5.83. The van der Waals surface area contributed by atoms with Gasteiger partial charge in [-0.05, 0) is 61.7 Å². The van der Waals surface area contributed by atoms with E-state index in [9.17, 15) is 4.79 Å². The predicted molar refractivity (Wildman–Crippen MR) is 135 cm³/mol. The summed E-state index contributed by atoms with van der Waals surface area (Å²) in [6.07, 6.45) is 2.27. The number of hydrogen-bond acceptors (Lipinski definition) is 6. The average Bonchev–Trinajstić information content (AvgIpc) is 2.85. The number of methoxy groups -OCH3 is 2. The largest absolute Gasteiger partial charge is 0.493 e. The van der Waals surface area contributed by atoms with E-state index >= 15 is 0 Å². The molecule has 0 spiro atoms. The van der Waals surface area contributed by atoms with Crippen molar-refractivity contribution < 1.29 is 14.3 Å². The molecular formula is C26H31N5O3. The molecule has 3 aromatic rings. The second kappa shape index (κ2) is 11.2. The van der Waals surface area contributed by atoms with Crippen LogP contribution in [0.25, 0.3) is 0 Å². The SMILES string of the molecule is CNC(=O)NC(C)Cc1cc(OC)c(OC)cc1C(=N)c1ccc(Nc2ncccc2C)cc1. The van der Waals surface area contributed by atoms with Gasteiger partial charge in [0.25, 0.3) is 0 Å². The molecule has 1 aromatic heterocycles. The summed E-state index contributed by atoms with van der Waals surface area (Å²) in [5.41, 5.74) is 4.62. The van der Waals surface area contributed by atoms with Crippen LogP contribution in [-0.2, 0) is 6.42 Å². The standard InChI is InChI=1S/C26H31N5O3/c1-16-7-6-12-29-25(16)31-20-10-8-18(9-11-20)24(27)21-15-23(34-5)22(33-4)14-19(21)13-17(2)30-26(32)28-3/h6-12,14-15,17,27H,13H2,1-5H3,(H,29,31)(H2,28,30,32). The molecule has 0 aliphatic rings. The number of nitrogens with zero attached hydrogens (tertiary/aromatic N) is 1. The highest BCUT2D eigenvalue weighted by Gasteiger charge is 2.18. The molecule has 1 atom stereocenters. The number of amides is 2. The maximum Gasteiger partial charge on any atom is 0.314 e. The first-order valence-corrected chi connectivity index (χ1v) is 11.0. The monoisotopic (exact) mass is 461 g/mol. The quantitative estimate of drug-likeness (QED) is 0.353. The Labute approximate surface area is 200 Å². The fraction of sp³-hybridized carbons (Fsp3) is 0.269. The van der Waals surface area contributed by atoms with Gasteiger partial charge in [0.1, 0.15) is 5.82 Å². The molecule has 0 fully saturated rings. The second-order valence-electron chi connectivity index (χ2n) is 7.94. The molecule has 4 N–H and O–H groups in total. The topological polar surface area (TPSA) is 108 Å². The number of rotatable bonds is 9. The van der Waals surface area contributed by atoms with E-state index in [1.54, 1.807) is 27.5 Å². The molecule has 0 saturated heterocycles. The lowest BCUT2D eigenvalue weighted by Crippen LogP contribution is -2.40. The van der Waals surface area contributed by atoms with E-state index in [-0.39, 0.29) is 12.1 Å². The lowest BCUT2D eigenvalue weighted by Gasteiger charge is -2.19. The first-order valence-electron chi connectivity index (χ1n) is 11.0. The molecule has 1 heterocycles. The smallest absolute Gasteiger partial charge is 0.314 e.